The molecule has 0 N–H and O–H groups in total. The summed E-state index contributed by atoms with van der Waals surface area (Å²) in [5, 5.41) is 16.4. The van der Waals surface area contributed by atoms with Crippen molar-refractivity contribution in [2.45, 2.75) is 17.0 Å². The Bertz CT molecular complexity index is 700. The molecular weight excluding hydrogens is 270 g/mol. The molecule has 90 valence electrons. The number of hydrogen-bond donors (Lipinski definition) is 0. The van der Waals surface area contributed by atoms with E-state index in [1.54, 1.807) is 13.0 Å². The second kappa shape index (κ2) is 4.25. The summed E-state index contributed by atoms with van der Waals surface area (Å²) in [7, 11) is 0. The number of thioether (sulfide) groups is 2. The van der Waals surface area contributed by atoms with Crippen LogP contribution in [0.5, 0.6) is 0 Å². The summed E-state index contributed by atoms with van der Waals surface area (Å²) >= 11 is 2.99. The monoisotopic (exact) mass is 277 g/mol. The molecule has 5 nitrogen and oxygen atoms in total. The molecule has 1 aliphatic rings. The summed E-state index contributed by atoms with van der Waals surface area (Å²) in [5.74, 6) is 0. The number of nitrogens with zero attached hydrogens (tertiary/aromatic N) is 3. The molecule has 0 spiro atoms. The van der Waals surface area contributed by atoms with Crippen molar-refractivity contribution < 1.29 is 4.92 Å². The summed E-state index contributed by atoms with van der Waals surface area (Å²) in [6.07, 6.45) is 0. The SMILES string of the molecule is Cc1cc2nc3c(nc2cc1[N+](=O)[O-])SC=CS3. The normalized spacial score (nSPS) is 13.6. The maximum absolute atomic E-state index is 10.9. The summed E-state index contributed by atoms with van der Waals surface area (Å²) in [4.78, 5) is 19.4. The molecule has 0 aliphatic carbocycles. The van der Waals surface area contributed by atoms with Crippen LogP contribution in [0.25, 0.3) is 11.0 Å². The molecule has 2 aromatic rings. The highest BCUT2D eigenvalue weighted by Gasteiger charge is 2.16. The smallest absolute Gasteiger partial charge is 0.258 e. The van der Waals surface area contributed by atoms with E-state index in [4.69, 9.17) is 0 Å². The number of fused-ring (bicyclic) bond motifs is 2. The van der Waals surface area contributed by atoms with Gasteiger partial charge in [0.1, 0.15) is 10.1 Å². The van der Waals surface area contributed by atoms with Crippen LogP contribution >= 0.6 is 23.5 Å². The third kappa shape index (κ3) is 1.85. The lowest BCUT2D eigenvalue weighted by molar-refractivity contribution is -0.385. The van der Waals surface area contributed by atoms with Crippen molar-refractivity contribution in [2.24, 2.45) is 0 Å². The summed E-state index contributed by atoms with van der Waals surface area (Å²) < 4.78 is 0. The van der Waals surface area contributed by atoms with E-state index in [2.05, 4.69) is 9.97 Å². The number of aromatic nitrogens is 2. The van der Waals surface area contributed by atoms with E-state index in [1.807, 2.05) is 10.8 Å². The van der Waals surface area contributed by atoms with Gasteiger partial charge in [-0.05, 0) is 23.8 Å². The lowest BCUT2D eigenvalue weighted by atomic mass is 10.2. The average molecular weight is 277 g/mol. The van der Waals surface area contributed by atoms with Gasteiger partial charge >= 0.3 is 0 Å². The van der Waals surface area contributed by atoms with Gasteiger partial charge < -0.3 is 0 Å². The van der Waals surface area contributed by atoms with Gasteiger partial charge in [0, 0.05) is 11.6 Å². The van der Waals surface area contributed by atoms with Gasteiger partial charge in [0.05, 0.1) is 16.0 Å². The zero-order valence-electron chi connectivity index (χ0n) is 9.28. The van der Waals surface area contributed by atoms with E-state index in [0.29, 0.717) is 16.6 Å². The topological polar surface area (TPSA) is 68.9 Å². The first-order valence-electron chi connectivity index (χ1n) is 5.10. The fourth-order valence-corrected chi connectivity index (χ4v) is 3.28. The summed E-state index contributed by atoms with van der Waals surface area (Å²) in [6.45, 7) is 1.71. The predicted octanol–water partition coefficient (Wildman–Crippen LogP) is 3.52. The maximum atomic E-state index is 10.9. The van der Waals surface area contributed by atoms with E-state index in [0.717, 1.165) is 10.1 Å². The van der Waals surface area contributed by atoms with Crippen LogP contribution in [0.2, 0.25) is 0 Å². The number of hydrogen-bond acceptors (Lipinski definition) is 6. The van der Waals surface area contributed by atoms with E-state index in [9.17, 15) is 10.1 Å². The van der Waals surface area contributed by atoms with Gasteiger partial charge in [-0.2, -0.15) is 0 Å². The number of aryl methyl sites for hydroxylation is 1. The molecule has 0 unspecified atom stereocenters. The Morgan fingerprint density at radius 1 is 1.11 bits per heavy atom. The van der Waals surface area contributed by atoms with E-state index in [1.165, 1.54) is 29.6 Å². The molecule has 1 aromatic heterocycles. The molecule has 2 heterocycles. The van der Waals surface area contributed by atoms with Crippen LogP contribution in [0.15, 0.2) is 33.0 Å². The number of nitro groups is 1. The van der Waals surface area contributed by atoms with Crippen molar-refractivity contribution in [3.63, 3.8) is 0 Å². The first-order valence-corrected chi connectivity index (χ1v) is 6.86. The largest absolute Gasteiger partial charge is 0.274 e. The highest BCUT2D eigenvalue weighted by atomic mass is 32.2. The zero-order chi connectivity index (χ0) is 12.7. The first-order chi connectivity index (χ1) is 8.65. The molecule has 0 atom stereocenters. The Morgan fingerprint density at radius 2 is 1.67 bits per heavy atom. The Hall–Kier alpha value is -1.60. The van der Waals surface area contributed by atoms with Crippen molar-refractivity contribution in [3.8, 4) is 0 Å². The van der Waals surface area contributed by atoms with Gasteiger partial charge in [-0.1, -0.05) is 23.5 Å². The molecular formula is C11H7N3O2S2. The lowest BCUT2D eigenvalue weighted by Gasteiger charge is -2.09. The molecule has 1 aliphatic heterocycles. The quantitative estimate of drug-likeness (QED) is 0.587. The fraction of sp³-hybridized carbons (Fsp3) is 0.0909. The van der Waals surface area contributed by atoms with Gasteiger partial charge in [0.2, 0.25) is 0 Å². The van der Waals surface area contributed by atoms with Gasteiger partial charge in [0.15, 0.2) is 0 Å². The van der Waals surface area contributed by atoms with Crippen molar-refractivity contribution >= 4 is 40.2 Å². The molecule has 1 aromatic carbocycles. The van der Waals surface area contributed by atoms with Crippen LogP contribution in [0.4, 0.5) is 5.69 Å². The van der Waals surface area contributed by atoms with E-state index >= 15 is 0 Å². The molecule has 3 rings (SSSR count). The minimum atomic E-state index is -0.391. The van der Waals surface area contributed by atoms with Crippen LogP contribution in [0.3, 0.4) is 0 Å². The Kier molecular flexibility index (Phi) is 2.71. The molecule has 0 bridgehead atoms. The number of nitro benzene ring substituents is 1. The van der Waals surface area contributed by atoms with E-state index in [-0.39, 0.29) is 5.69 Å². The van der Waals surface area contributed by atoms with Crippen LogP contribution in [0.1, 0.15) is 5.56 Å². The van der Waals surface area contributed by atoms with Crippen molar-refractivity contribution in [2.75, 3.05) is 0 Å². The van der Waals surface area contributed by atoms with E-state index < -0.39 is 4.92 Å². The second-order valence-electron chi connectivity index (χ2n) is 3.73. The summed E-state index contributed by atoms with van der Waals surface area (Å²) in [6, 6.07) is 3.20. The maximum Gasteiger partial charge on any atom is 0.274 e. The predicted molar refractivity (Wildman–Crippen MR) is 71.8 cm³/mol. The van der Waals surface area contributed by atoms with Gasteiger partial charge in [-0.15, -0.1) is 0 Å². The minimum Gasteiger partial charge on any atom is -0.258 e. The van der Waals surface area contributed by atoms with Crippen LogP contribution in [-0.4, -0.2) is 14.9 Å². The fourth-order valence-electron chi connectivity index (χ4n) is 1.70. The third-order valence-electron chi connectivity index (χ3n) is 2.53. The average Bonchev–Trinajstić information content (AvgIpc) is 2.35. The molecule has 7 heteroatoms. The zero-order valence-corrected chi connectivity index (χ0v) is 10.9. The molecule has 0 saturated heterocycles. The Balaban J connectivity index is 2.26. The third-order valence-corrected chi connectivity index (χ3v) is 4.39. The standard InChI is InChI=1S/C11H7N3O2S2/c1-6-4-7-8(5-9(6)14(15)16)13-11-10(12-7)17-2-3-18-11/h2-5H,1H3. The highest BCUT2D eigenvalue weighted by molar-refractivity contribution is 8.08. The number of rotatable bonds is 1. The molecule has 18 heavy (non-hydrogen) atoms. The molecule has 0 saturated carbocycles. The van der Waals surface area contributed by atoms with Crippen LogP contribution < -0.4 is 0 Å². The Morgan fingerprint density at radius 3 is 2.22 bits per heavy atom. The van der Waals surface area contributed by atoms with Crippen LogP contribution in [0, 0.1) is 17.0 Å². The molecule has 0 radical (unpaired) electrons. The van der Waals surface area contributed by atoms with Crippen molar-refractivity contribution in [1.29, 1.82) is 0 Å². The first kappa shape index (κ1) is 11.5. The highest BCUT2D eigenvalue weighted by Crippen LogP contribution is 2.36. The number of benzene rings is 1. The lowest BCUT2D eigenvalue weighted by Crippen LogP contribution is -1.96. The van der Waals surface area contributed by atoms with Crippen molar-refractivity contribution in [1.82, 2.24) is 9.97 Å². The van der Waals surface area contributed by atoms with Crippen LogP contribution in [-0.2, 0) is 0 Å². The Labute approximate surface area is 111 Å². The molecule has 0 fully saturated rings. The second-order valence-corrected chi connectivity index (χ2v) is 5.52. The van der Waals surface area contributed by atoms with Gasteiger partial charge in [-0.25, -0.2) is 9.97 Å². The van der Waals surface area contributed by atoms with Gasteiger partial charge in [-0.3, -0.25) is 10.1 Å². The summed E-state index contributed by atoms with van der Waals surface area (Å²) in [5.41, 5.74) is 1.95. The van der Waals surface area contributed by atoms with Crippen molar-refractivity contribution in [3.05, 3.63) is 38.6 Å². The van der Waals surface area contributed by atoms with Gasteiger partial charge in [0.25, 0.3) is 5.69 Å². The minimum absolute atomic E-state index is 0.0840. The molecule has 0 amide bonds.